The first kappa shape index (κ1) is 18.8. The largest absolute Gasteiger partial charge is 0.319 e. The van der Waals surface area contributed by atoms with Crippen molar-refractivity contribution in [2.75, 3.05) is 5.32 Å². The zero-order valence-electron chi connectivity index (χ0n) is 16.9. The van der Waals surface area contributed by atoms with Crippen molar-refractivity contribution in [2.45, 2.75) is 6.54 Å². The lowest BCUT2D eigenvalue weighted by Crippen LogP contribution is -2.11. The third kappa shape index (κ3) is 4.09. The number of fused-ring (bicyclic) bond motifs is 1. The molecule has 150 valence electrons. The molecule has 31 heavy (non-hydrogen) atoms. The molecule has 0 spiro atoms. The van der Waals surface area contributed by atoms with Crippen molar-refractivity contribution < 1.29 is 4.79 Å². The predicted octanol–water partition coefficient (Wildman–Crippen LogP) is 6.00. The molecule has 0 aliphatic rings. The summed E-state index contributed by atoms with van der Waals surface area (Å²) in [5.74, 6) is -0.149. The van der Waals surface area contributed by atoms with Crippen LogP contribution in [0.15, 0.2) is 109 Å². The van der Waals surface area contributed by atoms with Crippen molar-refractivity contribution in [1.29, 1.82) is 0 Å². The Bertz CT molecular complexity index is 1330. The second-order valence-electron chi connectivity index (χ2n) is 7.46. The molecule has 5 rings (SSSR count). The summed E-state index contributed by atoms with van der Waals surface area (Å²) in [7, 11) is 0. The molecule has 5 aromatic rings. The molecule has 1 amide bonds. The molecule has 0 radical (unpaired) electrons. The van der Waals surface area contributed by atoms with Gasteiger partial charge in [0.05, 0.1) is 18.4 Å². The van der Waals surface area contributed by atoms with E-state index in [-0.39, 0.29) is 5.91 Å². The van der Waals surface area contributed by atoms with Crippen LogP contribution in [0, 0.1) is 0 Å². The third-order valence-electron chi connectivity index (χ3n) is 5.36. The summed E-state index contributed by atoms with van der Waals surface area (Å²) >= 11 is 0. The molecule has 0 unspecified atom stereocenters. The Morgan fingerprint density at radius 3 is 2.32 bits per heavy atom. The first-order valence-corrected chi connectivity index (χ1v) is 10.2. The summed E-state index contributed by atoms with van der Waals surface area (Å²) < 4.78 is 1.84. The van der Waals surface area contributed by atoms with E-state index in [9.17, 15) is 4.79 Å². The molecule has 0 fully saturated rings. The van der Waals surface area contributed by atoms with Crippen LogP contribution in [-0.2, 0) is 6.54 Å². The molecule has 1 N–H and O–H groups in total. The van der Waals surface area contributed by atoms with Gasteiger partial charge in [-0.05, 0) is 39.6 Å². The molecule has 0 saturated heterocycles. The molecule has 0 aliphatic carbocycles. The number of rotatable bonds is 5. The van der Waals surface area contributed by atoms with Gasteiger partial charge in [-0.3, -0.25) is 9.48 Å². The van der Waals surface area contributed by atoms with E-state index in [0.29, 0.717) is 17.8 Å². The molecule has 0 aliphatic heterocycles. The highest BCUT2D eigenvalue weighted by Gasteiger charge is 2.09. The summed E-state index contributed by atoms with van der Waals surface area (Å²) in [6, 6.07) is 32.3. The lowest BCUT2D eigenvalue weighted by Gasteiger charge is -2.07. The van der Waals surface area contributed by atoms with Crippen LogP contribution >= 0.6 is 0 Å². The van der Waals surface area contributed by atoms with E-state index < -0.39 is 0 Å². The SMILES string of the molecule is O=C(Nc1cnn(Cc2cccc3ccccc23)c1)c1ccc(-c2ccccc2)cc1. The predicted molar refractivity (Wildman–Crippen MR) is 125 cm³/mol. The fraction of sp³-hybridized carbons (Fsp3) is 0.0370. The fourth-order valence-corrected chi connectivity index (χ4v) is 3.77. The number of hydrogen-bond acceptors (Lipinski definition) is 2. The van der Waals surface area contributed by atoms with Crippen molar-refractivity contribution in [3.8, 4) is 11.1 Å². The first-order chi connectivity index (χ1) is 15.3. The third-order valence-corrected chi connectivity index (χ3v) is 5.36. The monoisotopic (exact) mass is 403 g/mol. The van der Waals surface area contributed by atoms with Crippen molar-refractivity contribution in [3.05, 3.63) is 121 Å². The number of amides is 1. The Balaban J connectivity index is 1.29. The minimum atomic E-state index is -0.149. The van der Waals surface area contributed by atoms with Crippen LogP contribution < -0.4 is 5.32 Å². The molecular formula is C27H21N3O. The van der Waals surface area contributed by atoms with Crippen molar-refractivity contribution in [3.63, 3.8) is 0 Å². The molecule has 4 aromatic carbocycles. The number of carbonyl (C=O) groups is 1. The lowest BCUT2D eigenvalue weighted by molar-refractivity contribution is 0.102. The van der Waals surface area contributed by atoms with Gasteiger partial charge < -0.3 is 5.32 Å². The van der Waals surface area contributed by atoms with Gasteiger partial charge in [0.15, 0.2) is 0 Å². The zero-order chi connectivity index (χ0) is 21.0. The van der Waals surface area contributed by atoms with Crippen LogP contribution in [0.2, 0.25) is 0 Å². The minimum absolute atomic E-state index is 0.149. The fourth-order valence-electron chi connectivity index (χ4n) is 3.77. The molecule has 4 heteroatoms. The number of carbonyl (C=O) groups excluding carboxylic acids is 1. The maximum absolute atomic E-state index is 12.7. The maximum Gasteiger partial charge on any atom is 0.255 e. The van der Waals surface area contributed by atoms with E-state index in [1.807, 2.05) is 65.5 Å². The maximum atomic E-state index is 12.7. The van der Waals surface area contributed by atoms with Gasteiger partial charge in [-0.15, -0.1) is 0 Å². The first-order valence-electron chi connectivity index (χ1n) is 10.2. The summed E-state index contributed by atoms with van der Waals surface area (Å²) in [6.45, 7) is 0.642. The molecule has 4 nitrogen and oxygen atoms in total. The van der Waals surface area contributed by atoms with Crippen LogP contribution in [0.3, 0.4) is 0 Å². The van der Waals surface area contributed by atoms with Gasteiger partial charge in [0.25, 0.3) is 5.91 Å². The number of aromatic nitrogens is 2. The second-order valence-corrected chi connectivity index (χ2v) is 7.46. The molecular weight excluding hydrogens is 382 g/mol. The molecule has 1 heterocycles. The van der Waals surface area contributed by atoms with Crippen LogP contribution in [0.25, 0.3) is 21.9 Å². The van der Waals surface area contributed by atoms with Crippen LogP contribution in [-0.4, -0.2) is 15.7 Å². The van der Waals surface area contributed by atoms with Crippen molar-refractivity contribution in [1.82, 2.24) is 9.78 Å². The molecule has 0 saturated carbocycles. The van der Waals surface area contributed by atoms with Gasteiger partial charge in [-0.1, -0.05) is 84.9 Å². The van der Waals surface area contributed by atoms with E-state index in [1.165, 1.54) is 16.3 Å². The number of nitrogens with one attached hydrogen (secondary N) is 1. The van der Waals surface area contributed by atoms with Crippen LogP contribution in [0.1, 0.15) is 15.9 Å². The van der Waals surface area contributed by atoms with E-state index in [4.69, 9.17) is 0 Å². The highest BCUT2D eigenvalue weighted by molar-refractivity contribution is 6.04. The number of anilines is 1. The summed E-state index contributed by atoms with van der Waals surface area (Å²) in [5.41, 5.74) is 4.69. The standard InChI is InChI=1S/C27H21N3O/c31-27(23-15-13-21(14-16-23)20-7-2-1-3-8-20)29-25-17-28-30(19-25)18-24-11-6-10-22-9-4-5-12-26(22)24/h1-17,19H,18H2,(H,29,31). The second kappa shape index (κ2) is 8.28. The van der Waals surface area contributed by atoms with Gasteiger partial charge in [0.1, 0.15) is 0 Å². The summed E-state index contributed by atoms with van der Waals surface area (Å²) in [4.78, 5) is 12.7. The average Bonchev–Trinajstić information content (AvgIpc) is 3.26. The Morgan fingerprint density at radius 2 is 1.48 bits per heavy atom. The molecule has 0 atom stereocenters. The summed E-state index contributed by atoms with van der Waals surface area (Å²) in [5, 5.41) is 9.78. The average molecular weight is 403 g/mol. The smallest absolute Gasteiger partial charge is 0.255 e. The van der Waals surface area contributed by atoms with Gasteiger partial charge in [-0.25, -0.2) is 0 Å². The van der Waals surface area contributed by atoms with Crippen LogP contribution in [0.5, 0.6) is 0 Å². The highest BCUT2D eigenvalue weighted by atomic mass is 16.1. The van der Waals surface area contributed by atoms with Gasteiger partial charge >= 0.3 is 0 Å². The van der Waals surface area contributed by atoms with Crippen LogP contribution in [0.4, 0.5) is 5.69 Å². The van der Waals surface area contributed by atoms with Crippen molar-refractivity contribution in [2.24, 2.45) is 0 Å². The zero-order valence-corrected chi connectivity index (χ0v) is 16.9. The normalized spacial score (nSPS) is 10.8. The topological polar surface area (TPSA) is 46.9 Å². The van der Waals surface area contributed by atoms with E-state index in [2.05, 4.69) is 52.9 Å². The van der Waals surface area contributed by atoms with Gasteiger partial charge in [0, 0.05) is 11.8 Å². The van der Waals surface area contributed by atoms with Gasteiger partial charge in [0.2, 0.25) is 0 Å². The quantitative estimate of drug-likeness (QED) is 0.391. The van der Waals surface area contributed by atoms with E-state index >= 15 is 0 Å². The van der Waals surface area contributed by atoms with E-state index in [0.717, 1.165) is 11.1 Å². The minimum Gasteiger partial charge on any atom is -0.319 e. The highest BCUT2D eigenvalue weighted by Crippen LogP contribution is 2.21. The Morgan fingerprint density at radius 1 is 0.774 bits per heavy atom. The summed E-state index contributed by atoms with van der Waals surface area (Å²) in [6.07, 6.45) is 3.54. The Kier molecular flexibility index (Phi) is 5.03. The van der Waals surface area contributed by atoms with Gasteiger partial charge in [-0.2, -0.15) is 5.10 Å². The van der Waals surface area contributed by atoms with Crippen molar-refractivity contribution >= 4 is 22.4 Å². The Hall–Kier alpha value is -4.18. The number of nitrogens with zero attached hydrogens (tertiary/aromatic N) is 2. The van der Waals surface area contributed by atoms with E-state index in [1.54, 1.807) is 6.20 Å². The Labute approximate surface area is 180 Å². The number of hydrogen-bond donors (Lipinski definition) is 1. The number of benzene rings is 4. The molecule has 0 bridgehead atoms. The molecule has 1 aromatic heterocycles. The lowest BCUT2D eigenvalue weighted by atomic mass is 10.0.